The Morgan fingerprint density at radius 1 is 0.313 bits per heavy atom. The molecule has 0 saturated carbocycles. The zero-order valence-corrected chi connectivity index (χ0v) is 44.2. The second-order valence-electron chi connectivity index (χ2n) is 18.8. The molecule has 67 heavy (non-hydrogen) atoms. The van der Waals surface area contributed by atoms with Gasteiger partial charge in [-0.2, -0.15) is 0 Å². The summed E-state index contributed by atoms with van der Waals surface area (Å²) in [4.78, 5) is 38.1. The lowest BCUT2D eigenvalue weighted by Crippen LogP contribution is -2.30. The fourth-order valence-corrected chi connectivity index (χ4v) is 7.88. The highest BCUT2D eigenvalue weighted by Gasteiger charge is 2.19. The Morgan fingerprint density at radius 2 is 0.597 bits per heavy atom. The van der Waals surface area contributed by atoms with Gasteiger partial charge in [0.15, 0.2) is 6.10 Å². The van der Waals surface area contributed by atoms with Gasteiger partial charge in [0.1, 0.15) is 13.2 Å². The van der Waals surface area contributed by atoms with Crippen LogP contribution in [0.15, 0.2) is 72.9 Å². The third-order valence-corrected chi connectivity index (χ3v) is 12.2. The summed E-state index contributed by atoms with van der Waals surface area (Å²) in [6.45, 7) is 6.47. The lowest BCUT2D eigenvalue weighted by atomic mass is 10.0. The molecule has 1 atom stereocenters. The Labute approximate surface area is 414 Å². The first kappa shape index (κ1) is 63.8. The summed E-state index contributed by atoms with van der Waals surface area (Å²) < 4.78 is 16.8. The zero-order chi connectivity index (χ0) is 48.6. The van der Waals surface area contributed by atoms with Crippen molar-refractivity contribution in [3.05, 3.63) is 72.9 Å². The predicted molar refractivity (Wildman–Crippen MR) is 288 cm³/mol. The van der Waals surface area contributed by atoms with Crippen LogP contribution in [-0.2, 0) is 28.6 Å². The van der Waals surface area contributed by atoms with Gasteiger partial charge in [0, 0.05) is 19.3 Å². The summed E-state index contributed by atoms with van der Waals surface area (Å²) >= 11 is 0. The Morgan fingerprint density at radius 3 is 0.970 bits per heavy atom. The molecule has 0 heterocycles. The van der Waals surface area contributed by atoms with E-state index in [1.807, 2.05) is 0 Å². The number of hydrogen-bond donors (Lipinski definition) is 0. The normalized spacial score (nSPS) is 12.6. The number of carbonyl (C=O) groups is 3. The molecule has 0 aliphatic rings. The number of rotatable bonds is 51. The molecule has 0 rings (SSSR count). The fourth-order valence-electron chi connectivity index (χ4n) is 7.88. The van der Waals surface area contributed by atoms with Crippen LogP contribution in [0.4, 0.5) is 0 Å². The third-order valence-electron chi connectivity index (χ3n) is 12.2. The van der Waals surface area contributed by atoms with Crippen LogP contribution in [0.1, 0.15) is 278 Å². The number of carbonyl (C=O) groups excluding carboxylic acids is 3. The van der Waals surface area contributed by atoms with Gasteiger partial charge in [-0.15, -0.1) is 0 Å². The minimum Gasteiger partial charge on any atom is -0.462 e. The first-order chi connectivity index (χ1) is 33.0. The standard InChI is InChI=1S/C61H106O6/c1-4-7-10-13-16-19-22-24-26-27-28-29-30-31-32-33-35-36-39-42-45-48-51-54-60(63)66-57-58(56-65-59(62)53-50-47-44-41-38-21-18-15-12-9-6-3)67-61(64)55-52-49-46-43-40-37-34-25-23-20-17-14-11-8-5-2/h8,11,15,17-18,20,22,24-25,27-28,34,58H,4-7,9-10,12-14,16,19,21,23,26,29-33,35-57H2,1-3H3/b11-8-,18-15-,20-17-,24-22-,28-27-,34-25-. The van der Waals surface area contributed by atoms with Crippen LogP contribution in [0.25, 0.3) is 0 Å². The Bertz CT molecular complexity index is 1260. The van der Waals surface area contributed by atoms with E-state index in [1.54, 1.807) is 0 Å². The maximum absolute atomic E-state index is 12.8. The molecule has 6 heteroatoms. The molecule has 0 spiro atoms. The minimum absolute atomic E-state index is 0.0857. The number of ether oxygens (including phenoxy) is 3. The van der Waals surface area contributed by atoms with E-state index in [9.17, 15) is 14.4 Å². The van der Waals surface area contributed by atoms with Gasteiger partial charge < -0.3 is 14.2 Å². The summed E-state index contributed by atoms with van der Waals surface area (Å²) in [6.07, 6.45) is 70.4. The van der Waals surface area contributed by atoms with Crippen molar-refractivity contribution in [2.45, 2.75) is 284 Å². The molecule has 0 aliphatic carbocycles. The molecule has 0 radical (unpaired) electrons. The molecule has 0 amide bonds. The van der Waals surface area contributed by atoms with E-state index < -0.39 is 6.10 Å². The molecule has 0 aromatic rings. The van der Waals surface area contributed by atoms with Crippen molar-refractivity contribution < 1.29 is 28.6 Å². The average molecular weight is 936 g/mol. The fraction of sp³-hybridized carbons (Fsp3) is 0.754. The quantitative estimate of drug-likeness (QED) is 0.0262. The van der Waals surface area contributed by atoms with Crippen LogP contribution in [0.3, 0.4) is 0 Å². The van der Waals surface area contributed by atoms with Crippen LogP contribution in [0.5, 0.6) is 0 Å². The van der Waals surface area contributed by atoms with Gasteiger partial charge in [-0.25, -0.2) is 0 Å². The van der Waals surface area contributed by atoms with E-state index in [0.717, 1.165) is 109 Å². The lowest BCUT2D eigenvalue weighted by molar-refractivity contribution is -0.167. The summed E-state index contributed by atoms with van der Waals surface area (Å²) in [5, 5.41) is 0. The second-order valence-corrected chi connectivity index (χ2v) is 18.8. The SMILES string of the molecule is CC/C=C\C/C=C\C/C=C\CCCCCCCC(=O)OC(COC(=O)CCCCCCC/C=C\CCCC)COC(=O)CCCCCCCCCCCCC/C=C\C/C=C\CCCCCCC. The van der Waals surface area contributed by atoms with E-state index in [2.05, 4.69) is 93.7 Å². The first-order valence-corrected chi connectivity index (χ1v) is 28.4. The van der Waals surface area contributed by atoms with Crippen LogP contribution in [0, 0.1) is 0 Å². The molecule has 0 aliphatic heterocycles. The molecule has 0 aromatic heterocycles. The van der Waals surface area contributed by atoms with Crippen molar-refractivity contribution in [2.24, 2.45) is 0 Å². The molecule has 0 saturated heterocycles. The van der Waals surface area contributed by atoms with E-state index >= 15 is 0 Å². The lowest BCUT2D eigenvalue weighted by Gasteiger charge is -2.18. The maximum atomic E-state index is 12.8. The molecule has 0 aromatic carbocycles. The number of hydrogen-bond acceptors (Lipinski definition) is 6. The van der Waals surface area contributed by atoms with Crippen molar-refractivity contribution in [3.63, 3.8) is 0 Å². The predicted octanol–water partition coefficient (Wildman–Crippen LogP) is 19.0. The van der Waals surface area contributed by atoms with Crippen LogP contribution in [-0.4, -0.2) is 37.2 Å². The largest absolute Gasteiger partial charge is 0.462 e. The van der Waals surface area contributed by atoms with Crippen molar-refractivity contribution in [1.82, 2.24) is 0 Å². The zero-order valence-electron chi connectivity index (χ0n) is 44.2. The molecule has 0 fully saturated rings. The average Bonchev–Trinajstić information content (AvgIpc) is 3.33. The number of allylic oxidation sites excluding steroid dienone is 12. The van der Waals surface area contributed by atoms with E-state index in [0.29, 0.717) is 19.3 Å². The third kappa shape index (κ3) is 53.7. The molecular weight excluding hydrogens is 829 g/mol. The van der Waals surface area contributed by atoms with E-state index in [4.69, 9.17) is 14.2 Å². The van der Waals surface area contributed by atoms with Crippen molar-refractivity contribution in [1.29, 1.82) is 0 Å². The Kier molecular flexibility index (Phi) is 52.8. The smallest absolute Gasteiger partial charge is 0.306 e. The topological polar surface area (TPSA) is 78.9 Å². The molecular formula is C61H106O6. The van der Waals surface area contributed by atoms with Gasteiger partial charge in [0.25, 0.3) is 0 Å². The van der Waals surface area contributed by atoms with Crippen molar-refractivity contribution in [2.75, 3.05) is 13.2 Å². The van der Waals surface area contributed by atoms with Gasteiger partial charge in [-0.3, -0.25) is 14.4 Å². The number of esters is 3. The van der Waals surface area contributed by atoms with Gasteiger partial charge in [-0.05, 0) is 103 Å². The molecule has 386 valence electrons. The van der Waals surface area contributed by atoms with Crippen LogP contribution < -0.4 is 0 Å². The molecule has 0 bridgehead atoms. The highest BCUT2D eigenvalue weighted by molar-refractivity contribution is 5.71. The van der Waals surface area contributed by atoms with E-state index in [-0.39, 0.29) is 31.1 Å². The van der Waals surface area contributed by atoms with Crippen LogP contribution in [0.2, 0.25) is 0 Å². The van der Waals surface area contributed by atoms with Crippen molar-refractivity contribution >= 4 is 17.9 Å². The van der Waals surface area contributed by atoms with Crippen LogP contribution >= 0.6 is 0 Å². The summed E-state index contributed by atoms with van der Waals surface area (Å²) in [6, 6.07) is 0. The van der Waals surface area contributed by atoms with Gasteiger partial charge >= 0.3 is 17.9 Å². The monoisotopic (exact) mass is 935 g/mol. The highest BCUT2D eigenvalue weighted by Crippen LogP contribution is 2.15. The van der Waals surface area contributed by atoms with E-state index in [1.165, 1.54) is 128 Å². The molecule has 0 N–H and O–H groups in total. The summed E-state index contributed by atoms with van der Waals surface area (Å²) in [5.74, 6) is -0.909. The molecule has 1 unspecified atom stereocenters. The van der Waals surface area contributed by atoms with Gasteiger partial charge in [-0.1, -0.05) is 229 Å². The second kappa shape index (κ2) is 55.4. The summed E-state index contributed by atoms with van der Waals surface area (Å²) in [5.41, 5.74) is 0. The first-order valence-electron chi connectivity index (χ1n) is 28.4. The number of unbranched alkanes of at least 4 members (excludes halogenated alkanes) is 28. The maximum Gasteiger partial charge on any atom is 0.306 e. The Balaban J connectivity index is 4.30. The highest BCUT2D eigenvalue weighted by atomic mass is 16.6. The molecule has 6 nitrogen and oxygen atoms in total. The van der Waals surface area contributed by atoms with Crippen molar-refractivity contribution in [3.8, 4) is 0 Å². The Hall–Kier alpha value is -3.15. The minimum atomic E-state index is -0.788. The summed E-state index contributed by atoms with van der Waals surface area (Å²) in [7, 11) is 0. The van der Waals surface area contributed by atoms with Gasteiger partial charge in [0.05, 0.1) is 0 Å². The van der Waals surface area contributed by atoms with Gasteiger partial charge in [0.2, 0.25) is 0 Å².